The number of rotatable bonds is 3. The molecule has 0 radical (unpaired) electrons. The number of aliphatic carboxylic acids is 1. The summed E-state index contributed by atoms with van der Waals surface area (Å²) in [6, 6.07) is -1.30. The number of aromatic nitrogens is 1. The second kappa shape index (κ2) is 4.04. The quantitative estimate of drug-likeness (QED) is 0.671. The molecule has 6 heteroatoms. The van der Waals surface area contributed by atoms with Crippen LogP contribution in [0.1, 0.15) is 21.7 Å². The number of aliphatic hydroxyl groups excluding tert-OH is 1. The van der Waals surface area contributed by atoms with Gasteiger partial charge in [-0.25, -0.2) is 4.98 Å². The molecule has 0 aliphatic rings. The normalized spacial score (nSPS) is 15.1. The van der Waals surface area contributed by atoms with E-state index in [-0.39, 0.29) is 0 Å². The molecular formula is C8H12N2O3S. The first-order chi connectivity index (χ1) is 6.43. The number of nitrogens with two attached hydrogens (primary N) is 1. The number of hydrogen-bond acceptors (Lipinski definition) is 5. The van der Waals surface area contributed by atoms with Gasteiger partial charge in [0.25, 0.3) is 0 Å². The molecule has 4 N–H and O–H groups in total. The summed E-state index contributed by atoms with van der Waals surface area (Å²) in [5, 5.41) is 19.0. The van der Waals surface area contributed by atoms with Crippen LogP contribution in [-0.2, 0) is 4.79 Å². The molecule has 1 rings (SSSR count). The molecular weight excluding hydrogens is 204 g/mol. The molecule has 5 nitrogen and oxygen atoms in total. The van der Waals surface area contributed by atoms with Crippen LogP contribution in [0.5, 0.6) is 0 Å². The fourth-order valence-electron chi connectivity index (χ4n) is 1.12. The van der Waals surface area contributed by atoms with Crippen LogP contribution in [0.4, 0.5) is 0 Å². The average Bonchev–Trinajstić information content (AvgIpc) is 2.42. The predicted molar refractivity (Wildman–Crippen MR) is 52.2 cm³/mol. The zero-order chi connectivity index (χ0) is 10.9. The molecule has 1 aromatic heterocycles. The van der Waals surface area contributed by atoms with Gasteiger partial charge in [-0.05, 0) is 13.8 Å². The summed E-state index contributed by atoms with van der Waals surface area (Å²) >= 11 is 1.26. The average molecular weight is 216 g/mol. The molecule has 2 atom stereocenters. The van der Waals surface area contributed by atoms with Crippen LogP contribution in [-0.4, -0.2) is 27.2 Å². The van der Waals surface area contributed by atoms with E-state index in [1.54, 1.807) is 13.8 Å². The number of nitrogens with zero attached hydrogens (tertiary/aromatic N) is 1. The zero-order valence-electron chi connectivity index (χ0n) is 7.89. The maximum absolute atomic E-state index is 10.5. The Morgan fingerprint density at radius 1 is 1.57 bits per heavy atom. The Morgan fingerprint density at radius 2 is 2.14 bits per heavy atom. The van der Waals surface area contributed by atoms with Crippen LogP contribution in [0.3, 0.4) is 0 Å². The van der Waals surface area contributed by atoms with Crippen molar-refractivity contribution in [1.82, 2.24) is 4.98 Å². The minimum Gasteiger partial charge on any atom is -0.480 e. The first-order valence-corrected chi connectivity index (χ1v) is 4.85. The molecule has 1 heterocycles. The van der Waals surface area contributed by atoms with Gasteiger partial charge in [-0.15, -0.1) is 11.3 Å². The third kappa shape index (κ3) is 2.09. The van der Waals surface area contributed by atoms with Gasteiger partial charge >= 0.3 is 5.97 Å². The van der Waals surface area contributed by atoms with Crippen LogP contribution in [0.15, 0.2) is 0 Å². The molecule has 78 valence electrons. The molecule has 0 amide bonds. The lowest BCUT2D eigenvalue weighted by molar-refractivity contribution is -0.141. The summed E-state index contributed by atoms with van der Waals surface area (Å²) in [6.07, 6.45) is -1.18. The predicted octanol–water partition coefficient (Wildman–Crippen LogP) is 0.205. The van der Waals surface area contributed by atoms with Crippen molar-refractivity contribution in [2.45, 2.75) is 26.0 Å². The molecule has 0 aliphatic heterocycles. The van der Waals surface area contributed by atoms with Crippen LogP contribution in [0, 0.1) is 13.8 Å². The van der Waals surface area contributed by atoms with Crippen molar-refractivity contribution in [2.24, 2.45) is 5.73 Å². The van der Waals surface area contributed by atoms with Crippen LogP contribution in [0.2, 0.25) is 0 Å². The Hall–Kier alpha value is -0.980. The third-order valence-corrected chi connectivity index (χ3v) is 2.98. The lowest BCUT2D eigenvalue weighted by Crippen LogP contribution is -2.36. The van der Waals surface area contributed by atoms with E-state index in [0.717, 1.165) is 5.01 Å². The molecule has 2 unspecified atom stereocenters. The SMILES string of the molecule is Cc1nc(C)c(C(O)C(N)C(=O)O)s1. The van der Waals surface area contributed by atoms with Crippen molar-refractivity contribution >= 4 is 17.3 Å². The van der Waals surface area contributed by atoms with E-state index in [1.807, 2.05) is 0 Å². The topological polar surface area (TPSA) is 96.4 Å². The largest absolute Gasteiger partial charge is 0.480 e. The van der Waals surface area contributed by atoms with Gasteiger partial charge in [0.2, 0.25) is 0 Å². The van der Waals surface area contributed by atoms with Gasteiger partial charge in [-0.2, -0.15) is 0 Å². The van der Waals surface area contributed by atoms with Crippen LogP contribution in [0.25, 0.3) is 0 Å². The van der Waals surface area contributed by atoms with Crippen molar-refractivity contribution in [3.63, 3.8) is 0 Å². The van der Waals surface area contributed by atoms with Crippen LogP contribution >= 0.6 is 11.3 Å². The number of carboxylic acids is 1. The number of thiazole rings is 1. The first kappa shape index (κ1) is 11.1. The minimum atomic E-state index is -1.30. The summed E-state index contributed by atoms with van der Waals surface area (Å²) in [5.41, 5.74) is 5.94. The van der Waals surface area contributed by atoms with Crippen molar-refractivity contribution in [3.8, 4) is 0 Å². The molecule has 14 heavy (non-hydrogen) atoms. The lowest BCUT2D eigenvalue weighted by Gasteiger charge is -2.13. The van der Waals surface area contributed by atoms with Gasteiger partial charge < -0.3 is 15.9 Å². The number of carbonyl (C=O) groups is 1. The van der Waals surface area contributed by atoms with E-state index in [2.05, 4.69) is 4.98 Å². The Labute approximate surface area is 85.2 Å². The molecule has 1 aromatic rings. The van der Waals surface area contributed by atoms with Gasteiger partial charge in [-0.1, -0.05) is 0 Å². The van der Waals surface area contributed by atoms with Crippen molar-refractivity contribution in [3.05, 3.63) is 15.6 Å². The highest BCUT2D eigenvalue weighted by atomic mass is 32.1. The van der Waals surface area contributed by atoms with E-state index in [1.165, 1.54) is 11.3 Å². The van der Waals surface area contributed by atoms with E-state index in [4.69, 9.17) is 10.8 Å². The summed E-state index contributed by atoms with van der Waals surface area (Å²) in [4.78, 5) is 15.1. The summed E-state index contributed by atoms with van der Waals surface area (Å²) in [6.45, 7) is 3.51. The van der Waals surface area contributed by atoms with Crippen molar-refractivity contribution in [2.75, 3.05) is 0 Å². The highest BCUT2D eigenvalue weighted by Gasteiger charge is 2.26. The Kier molecular flexibility index (Phi) is 3.20. The van der Waals surface area contributed by atoms with E-state index >= 15 is 0 Å². The second-order valence-electron chi connectivity index (χ2n) is 2.99. The number of aliphatic hydroxyl groups is 1. The summed E-state index contributed by atoms with van der Waals surface area (Å²) in [7, 11) is 0. The lowest BCUT2D eigenvalue weighted by atomic mass is 10.1. The maximum Gasteiger partial charge on any atom is 0.323 e. The standard InChI is InChI=1S/C8H12N2O3S/c1-3-7(14-4(2)10-3)6(11)5(9)8(12)13/h5-6,11H,9H2,1-2H3,(H,12,13). The molecule has 0 spiro atoms. The molecule has 0 saturated heterocycles. The number of carboxylic acid groups (broad SMARTS) is 1. The highest BCUT2D eigenvalue weighted by molar-refractivity contribution is 7.11. The van der Waals surface area contributed by atoms with E-state index in [0.29, 0.717) is 10.6 Å². The molecule has 0 aromatic carbocycles. The zero-order valence-corrected chi connectivity index (χ0v) is 8.71. The Balaban J connectivity index is 2.94. The van der Waals surface area contributed by atoms with Gasteiger partial charge in [0.15, 0.2) is 0 Å². The monoisotopic (exact) mass is 216 g/mol. The summed E-state index contributed by atoms with van der Waals surface area (Å²) in [5.74, 6) is -1.22. The van der Waals surface area contributed by atoms with E-state index in [9.17, 15) is 9.90 Å². The van der Waals surface area contributed by atoms with E-state index < -0.39 is 18.1 Å². The number of hydrogen-bond donors (Lipinski definition) is 3. The second-order valence-corrected chi connectivity index (χ2v) is 4.23. The number of aryl methyl sites for hydroxylation is 2. The fraction of sp³-hybridized carbons (Fsp3) is 0.500. The third-order valence-electron chi connectivity index (χ3n) is 1.83. The first-order valence-electron chi connectivity index (χ1n) is 4.04. The van der Waals surface area contributed by atoms with Gasteiger partial charge in [0, 0.05) is 0 Å². The Morgan fingerprint density at radius 3 is 2.50 bits per heavy atom. The van der Waals surface area contributed by atoms with Gasteiger partial charge in [0.1, 0.15) is 12.1 Å². The molecule has 0 bridgehead atoms. The smallest absolute Gasteiger partial charge is 0.323 e. The maximum atomic E-state index is 10.5. The summed E-state index contributed by atoms with van der Waals surface area (Å²) < 4.78 is 0. The fourth-order valence-corrected chi connectivity index (χ4v) is 2.08. The van der Waals surface area contributed by atoms with Gasteiger partial charge in [0.05, 0.1) is 15.6 Å². The van der Waals surface area contributed by atoms with Gasteiger partial charge in [-0.3, -0.25) is 4.79 Å². The molecule has 0 aliphatic carbocycles. The molecule has 0 saturated carbocycles. The Bertz CT molecular complexity index is 350. The van der Waals surface area contributed by atoms with Crippen LogP contribution < -0.4 is 5.73 Å². The highest BCUT2D eigenvalue weighted by Crippen LogP contribution is 2.26. The van der Waals surface area contributed by atoms with Crippen molar-refractivity contribution in [1.29, 1.82) is 0 Å². The van der Waals surface area contributed by atoms with Crippen molar-refractivity contribution < 1.29 is 15.0 Å². The molecule has 0 fully saturated rings. The minimum absolute atomic E-state index is 0.525.